The first-order valence-corrected chi connectivity index (χ1v) is 8.45. The summed E-state index contributed by atoms with van der Waals surface area (Å²) in [4.78, 5) is 21.8. The van der Waals surface area contributed by atoms with Gasteiger partial charge in [0.15, 0.2) is 5.82 Å². The third-order valence-corrected chi connectivity index (χ3v) is 4.48. The lowest BCUT2D eigenvalue weighted by Crippen LogP contribution is -2.47. The second kappa shape index (κ2) is 6.76. The zero-order chi connectivity index (χ0) is 17.3. The molecule has 2 aromatic rings. The number of anilines is 3. The molecule has 0 amide bonds. The second-order valence-electron chi connectivity index (χ2n) is 6.26. The molecule has 1 aliphatic rings. The maximum absolute atomic E-state index is 6.23. The van der Waals surface area contributed by atoms with Crippen LogP contribution in [0, 0.1) is 6.92 Å². The van der Waals surface area contributed by atoms with E-state index >= 15 is 0 Å². The van der Waals surface area contributed by atoms with Gasteiger partial charge < -0.3 is 15.5 Å². The zero-order valence-corrected chi connectivity index (χ0v) is 15.0. The Kier molecular flexibility index (Phi) is 4.71. The Labute approximate surface area is 146 Å². The highest BCUT2D eigenvalue weighted by molar-refractivity contribution is 6.35. The maximum Gasteiger partial charge on any atom is 0.225 e. The minimum atomic E-state index is 0.313. The molecule has 0 saturated carbocycles. The molecule has 0 radical (unpaired) electrons. The van der Waals surface area contributed by atoms with Gasteiger partial charge in [-0.25, -0.2) is 19.9 Å². The molecule has 0 unspecified atom stereocenters. The van der Waals surface area contributed by atoms with Gasteiger partial charge in [-0.2, -0.15) is 0 Å². The minimum absolute atomic E-state index is 0.313. The first-order valence-electron chi connectivity index (χ1n) is 8.07. The standard InChI is InChI=1S/C16H22ClN7/c1-10(2)12-8-11(3)21-16(22-12)24-6-4-23(5-7-24)15-13(17)14(18)19-9-20-15/h8-10H,4-7H2,1-3H3,(H2,18,19,20). The highest BCUT2D eigenvalue weighted by Crippen LogP contribution is 2.28. The molecule has 7 nitrogen and oxygen atoms in total. The number of nitrogen functional groups attached to an aromatic ring is 1. The fourth-order valence-electron chi connectivity index (χ4n) is 2.73. The molecule has 128 valence electrons. The van der Waals surface area contributed by atoms with Crippen LogP contribution >= 0.6 is 11.6 Å². The molecule has 0 bridgehead atoms. The van der Waals surface area contributed by atoms with Gasteiger partial charge in [-0.1, -0.05) is 25.4 Å². The molecule has 24 heavy (non-hydrogen) atoms. The predicted octanol–water partition coefficient (Wildman–Crippen LogP) is 2.26. The van der Waals surface area contributed by atoms with Crippen molar-refractivity contribution in [3.05, 3.63) is 28.8 Å². The molecular weight excluding hydrogens is 326 g/mol. The van der Waals surface area contributed by atoms with Gasteiger partial charge in [0.2, 0.25) is 5.95 Å². The Balaban J connectivity index is 1.75. The minimum Gasteiger partial charge on any atom is -0.382 e. The van der Waals surface area contributed by atoms with Crippen molar-refractivity contribution in [1.82, 2.24) is 19.9 Å². The summed E-state index contributed by atoms with van der Waals surface area (Å²) in [5.41, 5.74) is 7.84. The van der Waals surface area contributed by atoms with Crippen LogP contribution < -0.4 is 15.5 Å². The number of rotatable bonds is 3. The number of nitrogens with two attached hydrogens (primary N) is 1. The Morgan fingerprint density at radius 1 is 1.08 bits per heavy atom. The van der Waals surface area contributed by atoms with Crippen molar-refractivity contribution in [2.45, 2.75) is 26.7 Å². The second-order valence-corrected chi connectivity index (χ2v) is 6.64. The van der Waals surface area contributed by atoms with E-state index in [2.05, 4.69) is 38.6 Å². The quantitative estimate of drug-likeness (QED) is 0.911. The predicted molar refractivity (Wildman–Crippen MR) is 96.7 cm³/mol. The van der Waals surface area contributed by atoms with E-state index in [1.165, 1.54) is 6.33 Å². The van der Waals surface area contributed by atoms with E-state index in [4.69, 9.17) is 22.3 Å². The molecule has 0 aromatic carbocycles. The molecule has 1 aliphatic heterocycles. The van der Waals surface area contributed by atoms with Gasteiger partial charge in [0, 0.05) is 37.6 Å². The first-order chi connectivity index (χ1) is 11.5. The smallest absolute Gasteiger partial charge is 0.225 e. The topological polar surface area (TPSA) is 84.1 Å². The number of piperazine rings is 1. The van der Waals surface area contributed by atoms with Crippen LogP contribution in [0.3, 0.4) is 0 Å². The average Bonchev–Trinajstić information content (AvgIpc) is 2.57. The van der Waals surface area contributed by atoms with Crippen LogP contribution in [0.15, 0.2) is 12.4 Å². The van der Waals surface area contributed by atoms with E-state index in [0.717, 1.165) is 43.5 Å². The summed E-state index contributed by atoms with van der Waals surface area (Å²) < 4.78 is 0. The van der Waals surface area contributed by atoms with E-state index in [1.54, 1.807) is 0 Å². The SMILES string of the molecule is Cc1cc(C(C)C)nc(N2CCN(c3ncnc(N)c3Cl)CC2)n1. The molecule has 3 rings (SSSR count). The molecule has 8 heteroatoms. The van der Waals surface area contributed by atoms with Gasteiger partial charge in [0.05, 0.1) is 0 Å². The van der Waals surface area contributed by atoms with Crippen LogP contribution in [0.5, 0.6) is 0 Å². The largest absolute Gasteiger partial charge is 0.382 e. The molecule has 2 N–H and O–H groups in total. The monoisotopic (exact) mass is 347 g/mol. The van der Waals surface area contributed by atoms with Crippen LogP contribution in [0.25, 0.3) is 0 Å². The summed E-state index contributed by atoms with van der Waals surface area (Å²) in [7, 11) is 0. The fourth-order valence-corrected chi connectivity index (χ4v) is 2.94. The van der Waals surface area contributed by atoms with Crippen LogP contribution in [0.2, 0.25) is 5.02 Å². The third kappa shape index (κ3) is 3.36. The number of hydrogen-bond acceptors (Lipinski definition) is 7. The Morgan fingerprint density at radius 2 is 1.75 bits per heavy atom. The zero-order valence-electron chi connectivity index (χ0n) is 14.2. The summed E-state index contributed by atoms with van der Waals surface area (Å²) in [6, 6.07) is 2.05. The maximum atomic E-state index is 6.23. The van der Waals surface area contributed by atoms with Gasteiger partial charge in [0.25, 0.3) is 0 Å². The summed E-state index contributed by atoms with van der Waals surface area (Å²) >= 11 is 6.23. The average molecular weight is 348 g/mol. The summed E-state index contributed by atoms with van der Waals surface area (Å²) in [6.45, 7) is 9.48. The third-order valence-electron chi connectivity index (χ3n) is 4.11. The van der Waals surface area contributed by atoms with Gasteiger partial charge in [-0.15, -0.1) is 0 Å². The van der Waals surface area contributed by atoms with Crippen molar-refractivity contribution < 1.29 is 0 Å². The van der Waals surface area contributed by atoms with Crippen LogP contribution in [-0.2, 0) is 0 Å². The summed E-state index contributed by atoms with van der Waals surface area (Å²) in [5.74, 6) is 2.19. The van der Waals surface area contributed by atoms with E-state index in [1.807, 2.05) is 13.0 Å². The van der Waals surface area contributed by atoms with Crippen LogP contribution in [-0.4, -0.2) is 46.1 Å². The van der Waals surface area contributed by atoms with Crippen LogP contribution in [0.4, 0.5) is 17.6 Å². The highest BCUT2D eigenvalue weighted by Gasteiger charge is 2.23. The fraction of sp³-hybridized carbons (Fsp3) is 0.500. The molecular formula is C16H22ClN7. The molecule has 0 atom stereocenters. The number of aromatic nitrogens is 4. The normalized spacial score (nSPS) is 15.2. The lowest BCUT2D eigenvalue weighted by molar-refractivity contribution is 0.629. The van der Waals surface area contributed by atoms with E-state index in [0.29, 0.717) is 22.6 Å². The van der Waals surface area contributed by atoms with Gasteiger partial charge in [0.1, 0.15) is 17.2 Å². The van der Waals surface area contributed by atoms with E-state index in [9.17, 15) is 0 Å². The van der Waals surface area contributed by atoms with Crippen molar-refractivity contribution in [1.29, 1.82) is 0 Å². The molecule has 3 heterocycles. The van der Waals surface area contributed by atoms with Gasteiger partial charge >= 0.3 is 0 Å². The van der Waals surface area contributed by atoms with Crippen molar-refractivity contribution >= 4 is 29.2 Å². The lowest BCUT2D eigenvalue weighted by Gasteiger charge is -2.36. The van der Waals surface area contributed by atoms with Crippen molar-refractivity contribution in [2.75, 3.05) is 41.7 Å². The number of hydrogen-bond donors (Lipinski definition) is 1. The summed E-state index contributed by atoms with van der Waals surface area (Å²) in [6.07, 6.45) is 1.45. The van der Waals surface area contributed by atoms with Crippen LogP contribution in [0.1, 0.15) is 31.2 Å². The number of aryl methyl sites for hydroxylation is 1. The van der Waals surface area contributed by atoms with Crippen molar-refractivity contribution in [2.24, 2.45) is 0 Å². The van der Waals surface area contributed by atoms with E-state index < -0.39 is 0 Å². The first kappa shape index (κ1) is 16.7. The number of nitrogens with zero attached hydrogens (tertiary/aromatic N) is 6. The Morgan fingerprint density at radius 3 is 2.42 bits per heavy atom. The molecule has 0 spiro atoms. The molecule has 1 fully saturated rings. The highest BCUT2D eigenvalue weighted by atomic mass is 35.5. The number of halogens is 1. The summed E-state index contributed by atoms with van der Waals surface area (Å²) in [5, 5.41) is 0.417. The van der Waals surface area contributed by atoms with Crippen molar-refractivity contribution in [3.8, 4) is 0 Å². The molecule has 2 aromatic heterocycles. The van der Waals surface area contributed by atoms with Gasteiger partial charge in [-0.05, 0) is 18.9 Å². The molecule has 1 saturated heterocycles. The molecule has 0 aliphatic carbocycles. The lowest BCUT2D eigenvalue weighted by atomic mass is 10.1. The van der Waals surface area contributed by atoms with E-state index in [-0.39, 0.29) is 0 Å². The van der Waals surface area contributed by atoms with Crippen molar-refractivity contribution in [3.63, 3.8) is 0 Å². The Hall–Kier alpha value is -2.15. The van der Waals surface area contributed by atoms with Gasteiger partial charge in [-0.3, -0.25) is 0 Å². The Bertz CT molecular complexity index is 726.